The van der Waals surface area contributed by atoms with Crippen LogP contribution in [0.2, 0.25) is 0 Å². The van der Waals surface area contributed by atoms with E-state index in [0.717, 1.165) is 37.2 Å². The number of ketones is 1. The van der Waals surface area contributed by atoms with E-state index < -0.39 is 17.1 Å². The van der Waals surface area contributed by atoms with Gasteiger partial charge in [-0.3, -0.25) is 24.7 Å². The molecule has 10 heteroatoms. The van der Waals surface area contributed by atoms with Crippen molar-refractivity contribution in [1.82, 2.24) is 20.7 Å². The Morgan fingerprint density at radius 1 is 1.26 bits per heavy atom. The third-order valence-corrected chi connectivity index (χ3v) is 8.95. The number of fused-ring (bicyclic) bond motifs is 3. The zero-order valence-electron chi connectivity index (χ0n) is 23.9. The van der Waals surface area contributed by atoms with Crippen LogP contribution in [0.3, 0.4) is 0 Å². The molecular formula is C29H44N4O6. The number of ether oxygens (including phenoxy) is 2. The number of carbonyl (C=O) groups excluding carboxylic acids is 3. The summed E-state index contributed by atoms with van der Waals surface area (Å²) in [6.45, 7) is 9.65. The van der Waals surface area contributed by atoms with Gasteiger partial charge in [0.05, 0.1) is 17.6 Å². The van der Waals surface area contributed by atoms with Crippen LogP contribution in [-0.2, 0) is 19.8 Å². The average molecular weight is 545 g/mol. The maximum absolute atomic E-state index is 12.8. The van der Waals surface area contributed by atoms with Gasteiger partial charge in [-0.15, -0.1) is 0 Å². The van der Waals surface area contributed by atoms with Crippen LogP contribution in [0, 0.1) is 12.8 Å². The van der Waals surface area contributed by atoms with Crippen LogP contribution in [0.15, 0.2) is 12.1 Å². The van der Waals surface area contributed by atoms with E-state index in [4.69, 9.17) is 9.47 Å². The Bertz CT molecular complexity index is 1080. The van der Waals surface area contributed by atoms with E-state index in [9.17, 15) is 19.5 Å². The third-order valence-electron chi connectivity index (χ3n) is 8.95. The lowest BCUT2D eigenvalue weighted by atomic mass is 9.59. The minimum atomic E-state index is -1.00. The van der Waals surface area contributed by atoms with Crippen LogP contribution in [0.1, 0.15) is 63.5 Å². The maximum Gasteiger partial charge on any atom is 0.298 e. The van der Waals surface area contributed by atoms with Gasteiger partial charge in [-0.2, -0.15) is 0 Å². The van der Waals surface area contributed by atoms with Crippen molar-refractivity contribution in [3.05, 3.63) is 23.3 Å². The Kier molecular flexibility index (Phi) is 9.00. The number of likely N-dealkylation sites (tertiary alicyclic amines) is 1. The Morgan fingerprint density at radius 2 is 1.97 bits per heavy atom. The molecule has 0 bridgehead atoms. The number of piperidine rings is 1. The van der Waals surface area contributed by atoms with E-state index in [1.807, 2.05) is 38.9 Å². The molecule has 2 saturated heterocycles. The summed E-state index contributed by atoms with van der Waals surface area (Å²) in [7, 11) is 3.80. The standard InChI is InChI=1S/C19H21NO5.C8H17N3O.C2H6/c1-10-3-4-13(24-9-21)15-14(10)18-7-11-8-20(2)16(11)19(18,23)6-5-12(22)17(18)25-15;1-9-7-8(12)10-11-5-3-2-4-6-11;1-2/h3-4,9,11,16-17,23H,5-8H2,1-2H3;9H,2-7H2,1H3,(H,10,12);1-2H3/t11?,16?,17-,18?,19?;;/m0../s1. The van der Waals surface area contributed by atoms with Gasteiger partial charge in [0, 0.05) is 37.7 Å². The first-order valence-electron chi connectivity index (χ1n) is 14.3. The van der Waals surface area contributed by atoms with Crippen molar-refractivity contribution in [3.8, 4) is 11.5 Å². The quantitative estimate of drug-likeness (QED) is 0.476. The number of hydrazine groups is 1. The fourth-order valence-electron chi connectivity index (χ4n) is 7.61. The molecule has 216 valence electrons. The zero-order chi connectivity index (χ0) is 28.4. The molecule has 10 nitrogen and oxygen atoms in total. The normalized spacial score (nSPS) is 32.4. The number of hydrogen-bond donors (Lipinski definition) is 3. The van der Waals surface area contributed by atoms with Crippen LogP contribution in [0.4, 0.5) is 0 Å². The molecule has 3 heterocycles. The molecule has 6 rings (SSSR count). The van der Waals surface area contributed by atoms with Gasteiger partial charge in [0.15, 0.2) is 23.4 Å². The summed E-state index contributed by atoms with van der Waals surface area (Å²) in [4.78, 5) is 36.9. The van der Waals surface area contributed by atoms with Crippen molar-refractivity contribution < 1.29 is 29.0 Å². The van der Waals surface area contributed by atoms with Gasteiger partial charge >= 0.3 is 0 Å². The fourth-order valence-corrected chi connectivity index (χ4v) is 7.61. The van der Waals surface area contributed by atoms with E-state index in [1.54, 1.807) is 13.1 Å². The smallest absolute Gasteiger partial charge is 0.298 e. The van der Waals surface area contributed by atoms with Gasteiger partial charge in [0.2, 0.25) is 5.91 Å². The number of amides is 1. The topological polar surface area (TPSA) is 120 Å². The highest BCUT2D eigenvalue weighted by Gasteiger charge is 2.76. The third kappa shape index (κ3) is 4.85. The van der Waals surface area contributed by atoms with Gasteiger partial charge in [-0.05, 0) is 64.3 Å². The van der Waals surface area contributed by atoms with Gasteiger partial charge in [0.25, 0.3) is 6.47 Å². The number of carbonyl (C=O) groups is 3. The highest BCUT2D eigenvalue weighted by atomic mass is 16.6. The van der Waals surface area contributed by atoms with Crippen LogP contribution in [-0.4, -0.2) is 91.2 Å². The summed E-state index contributed by atoms with van der Waals surface area (Å²) in [5.41, 5.74) is 2.93. The summed E-state index contributed by atoms with van der Waals surface area (Å²) in [5, 5.41) is 16.7. The van der Waals surface area contributed by atoms with Gasteiger partial charge in [-0.25, -0.2) is 5.01 Å². The van der Waals surface area contributed by atoms with Crippen molar-refractivity contribution in [1.29, 1.82) is 0 Å². The Labute approximate surface area is 231 Å². The largest absolute Gasteiger partial charge is 0.477 e. The van der Waals surface area contributed by atoms with Crippen molar-refractivity contribution in [2.45, 2.75) is 82.5 Å². The lowest BCUT2D eigenvalue weighted by molar-refractivity contribution is -0.158. The number of likely N-dealkylation sites (N-methyl/N-ethyl adjacent to an activating group) is 2. The number of nitrogens with zero attached hydrogens (tertiary/aromatic N) is 2. The van der Waals surface area contributed by atoms with E-state index in [-0.39, 0.29) is 17.7 Å². The van der Waals surface area contributed by atoms with E-state index in [0.29, 0.717) is 43.3 Å². The first-order valence-corrected chi connectivity index (χ1v) is 14.3. The lowest BCUT2D eigenvalue weighted by Crippen LogP contribution is -2.69. The monoisotopic (exact) mass is 544 g/mol. The van der Waals surface area contributed by atoms with E-state index in [1.165, 1.54) is 19.3 Å². The molecule has 1 aromatic carbocycles. The molecule has 5 atom stereocenters. The molecule has 4 unspecified atom stereocenters. The number of aryl methyl sites for hydroxylation is 1. The minimum absolute atomic E-state index is 0.0290. The number of aliphatic hydroxyl groups is 1. The molecule has 2 aliphatic carbocycles. The number of nitrogens with one attached hydrogen (secondary N) is 2. The molecule has 0 radical (unpaired) electrons. The molecule has 2 saturated carbocycles. The van der Waals surface area contributed by atoms with Gasteiger partial charge in [0.1, 0.15) is 0 Å². The second kappa shape index (κ2) is 11.9. The number of benzene rings is 1. The van der Waals surface area contributed by atoms with E-state index in [2.05, 4.69) is 15.6 Å². The average Bonchev–Trinajstić information content (AvgIpc) is 3.38. The summed E-state index contributed by atoms with van der Waals surface area (Å²) in [6, 6.07) is 3.62. The number of rotatable bonds is 5. The molecule has 5 aliphatic rings. The van der Waals surface area contributed by atoms with Crippen molar-refractivity contribution >= 4 is 18.2 Å². The van der Waals surface area contributed by atoms with Crippen molar-refractivity contribution in [2.75, 3.05) is 40.3 Å². The predicted molar refractivity (Wildman–Crippen MR) is 147 cm³/mol. The van der Waals surface area contributed by atoms with Crippen LogP contribution >= 0.6 is 0 Å². The maximum atomic E-state index is 12.8. The van der Waals surface area contributed by atoms with Gasteiger partial charge < -0.3 is 19.9 Å². The van der Waals surface area contributed by atoms with Crippen LogP contribution in [0.25, 0.3) is 0 Å². The molecular weight excluding hydrogens is 500 g/mol. The summed E-state index contributed by atoms with van der Waals surface area (Å²) in [6.07, 6.45) is 4.48. The Hall–Kier alpha value is -2.53. The number of Topliss-reactive ketones (excluding diaryl/α,β-unsaturated/α-hetero) is 1. The molecule has 1 spiro atoms. The lowest BCUT2D eigenvalue weighted by Gasteiger charge is -2.53. The molecule has 39 heavy (non-hydrogen) atoms. The van der Waals surface area contributed by atoms with Crippen molar-refractivity contribution in [3.63, 3.8) is 0 Å². The molecule has 3 aliphatic heterocycles. The van der Waals surface area contributed by atoms with Crippen molar-refractivity contribution in [2.24, 2.45) is 5.92 Å². The summed E-state index contributed by atoms with van der Waals surface area (Å²) < 4.78 is 11.2. The molecule has 4 fully saturated rings. The Balaban J connectivity index is 0.000000214. The predicted octanol–water partition coefficient (Wildman–Crippen LogP) is 1.71. The highest BCUT2D eigenvalue weighted by molar-refractivity contribution is 5.90. The molecule has 0 aromatic heterocycles. The number of hydrogen-bond acceptors (Lipinski definition) is 9. The summed E-state index contributed by atoms with van der Waals surface area (Å²) in [5.74, 6) is 1.21. The first kappa shape index (κ1) is 29.5. The van der Waals surface area contributed by atoms with Crippen LogP contribution < -0.4 is 20.2 Å². The molecule has 3 N–H and O–H groups in total. The van der Waals surface area contributed by atoms with Crippen LogP contribution in [0.5, 0.6) is 11.5 Å². The second-order valence-electron chi connectivity index (χ2n) is 11.1. The Morgan fingerprint density at radius 3 is 2.62 bits per heavy atom. The first-order chi connectivity index (χ1) is 18.8. The SMILES string of the molecule is CC.CNCC(=O)NN1CCCCC1.Cc1ccc(OC=O)c2c1C13CC4CN(C)C4C1(O)CCC(=O)[C@@H]3O2. The molecule has 1 amide bonds. The molecule has 1 aromatic rings. The fraction of sp³-hybridized carbons (Fsp3) is 0.690. The minimum Gasteiger partial charge on any atom is -0.477 e. The second-order valence-corrected chi connectivity index (χ2v) is 11.1. The zero-order valence-corrected chi connectivity index (χ0v) is 23.9. The highest BCUT2D eigenvalue weighted by Crippen LogP contribution is 2.67. The van der Waals surface area contributed by atoms with Gasteiger partial charge in [-0.1, -0.05) is 26.3 Å². The summed E-state index contributed by atoms with van der Waals surface area (Å²) >= 11 is 0. The van der Waals surface area contributed by atoms with E-state index >= 15 is 0 Å².